The number of fused-ring (bicyclic) bond motifs is 1. The van der Waals surface area contributed by atoms with Gasteiger partial charge in [0.2, 0.25) is 5.91 Å². The molecule has 3 rings (SSSR count). The van der Waals surface area contributed by atoms with Crippen LogP contribution in [-0.4, -0.2) is 28.6 Å². The highest BCUT2D eigenvalue weighted by atomic mass is 16.2. The number of unbranched alkanes of at least 4 members (excludes halogenated alkanes) is 1. The number of hydrogen-bond donors (Lipinski definition) is 1. The highest BCUT2D eigenvalue weighted by molar-refractivity contribution is 6.12. The van der Waals surface area contributed by atoms with Gasteiger partial charge in [-0.1, -0.05) is 31.9 Å². The maximum absolute atomic E-state index is 12.0. The van der Waals surface area contributed by atoms with E-state index in [4.69, 9.17) is 0 Å². The molecule has 5 heteroatoms. The van der Waals surface area contributed by atoms with Gasteiger partial charge in [-0.15, -0.1) is 0 Å². The lowest BCUT2D eigenvalue weighted by Crippen LogP contribution is -2.14. The number of aliphatic imine (C=N–C) groups is 1. The van der Waals surface area contributed by atoms with E-state index in [2.05, 4.69) is 54.0 Å². The molecule has 1 aliphatic rings. The number of nitrogens with one attached hydrogen (secondary N) is 1. The zero-order valence-electron chi connectivity index (χ0n) is 19.5. The summed E-state index contributed by atoms with van der Waals surface area (Å²) in [6, 6.07) is 3.91. The first kappa shape index (κ1) is 22.9. The standard InChI is InChI=1S/C26H34N4O/c1-6-8-9-20(17(3)7-2)12-18(4)25(27-5)23-13-21-16-29-24(14-22(21)15-28-23)30-26(31)19-10-11-19/h12-16,19H,6-11H2,1-5H3,(H,29,30,31)/b18-12-,20-17+,27-25?. The number of aromatic nitrogens is 2. The fraction of sp³-hybridized carbons (Fsp3) is 0.462. The van der Waals surface area contributed by atoms with E-state index in [9.17, 15) is 4.79 Å². The molecular weight excluding hydrogens is 384 g/mol. The number of pyridine rings is 2. The van der Waals surface area contributed by atoms with E-state index in [1.54, 1.807) is 6.20 Å². The third-order valence-electron chi connectivity index (χ3n) is 5.91. The van der Waals surface area contributed by atoms with Gasteiger partial charge in [0.1, 0.15) is 5.82 Å². The predicted molar refractivity (Wildman–Crippen MR) is 130 cm³/mol. The first-order chi connectivity index (χ1) is 15.0. The largest absolute Gasteiger partial charge is 0.310 e. The van der Waals surface area contributed by atoms with Crippen LogP contribution in [0.25, 0.3) is 10.8 Å². The average Bonchev–Trinajstić information content (AvgIpc) is 3.62. The molecule has 164 valence electrons. The van der Waals surface area contributed by atoms with E-state index in [0.29, 0.717) is 5.82 Å². The van der Waals surface area contributed by atoms with E-state index >= 15 is 0 Å². The Kier molecular flexibility index (Phi) is 7.72. The summed E-state index contributed by atoms with van der Waals surface area (Å²) in [5, 5.41) is 4.83. The Hall–Kier alpha value is -2.82. The molecule has 2 aromatic rings. The van der Waals surface area contributed by atoms with Gasteiger partial charge >= 0.3 is 0 Å². The van der Waals surface area contributed by atoms with Gasteiger partial charge in [-0.3, -0.25) is 14.8 Å². The average molecular weight is 419 g/mol. The summed E-state index contributed by atoms with van der Waals surface area (Å²) in [5.41, 5.74) is 5.69. The Morgan fingerprint density at radius 2 is 1.87 bits per heavy atom. The molecule has 0 bridgehead atoms. The predicted octanol–water partition coefficient (Wildman–Crippen LogP) is 6.26. The Morgan fingerprint density at radius 3 is 2.52 bits per heavy atom. The van der Waals surface area contributed by atoms with Gasteiger partial charge in [0.25, 0.3) is 0 Å². The Bertz CT molecular complexity index is 1040. The maximum Gasteiger partial charge on any atom is 0.228 e. The number of hydrogen-bond acceptors (Lipinski definition) is 4. The minimum absolute atomic E-state index is 0.0619. The van der Waals surface area contributed by atoms with Crippen LogP contribution in [-0.2, 0) is 4.79 Å². The van der Waals surface area contributed by atoms with Crippen molar-refractivity contribution in [2.24, 2.45) is 10.9 Å². The van der Waals surface area contributed by atoms with Crippen molar-refractivity contribution in [2.45, 2.75) is 66.2 Å². The number of amides is 1. The minimum atomic E-state index is 0.0619. The lowest BCUT2D eigenvalue weighted by molar-refractivity contribution is -0.117. The Labute approximate surface area is 185 Å². The highest BCUT2D eigenvalue weighted by Crippen LogP contribution is 2.30. The molecule has 1 fully saturated rings. The number of rotatable bonds is 9. The van der Waals surface area contributed by atoms with E-state index in [1.807, 2.05) is 25.4 Å². The van der Waals surface area contributed by atoms with Crippen LogP contribution in [0.5, 0.6) is 0 Å². The van der Waals surface area contributed by atoms with E-state index in [-0.39, 0.29) is 11.8 Å². The maximum atomic E-state index is 12.0. The van der Waals surface area contributed by atoms with Gasteiger partial charge in [0.05, 0.1) is 11.4 Å². The summed E-state index contributed by atoms with van der Waals surface area (Å²) in [6.45, 7) is 8.76. The second-order valence-corrected chi connectivity index (χ2v) is 8.41. The molecule has 0 unspecified atom stereocenters. The highest BCUT2D eigenvalue weighted by Gasteiger charge is 2.29. The normalized spacial score (nSPS) is 15.8. The van der Waals surface area contributed by atoms with Crippen LogP contribution in [0.4, 0.5) is 5.82 Å². The molecule has 1 N–H and O–H groups in total. The van der Waals surface area contributed by atoms with Crippen molar-refractivity contribution in [2.75, 3.05) is 12.4 Å². The second-order valence-electron chi connectivity index (χ2n) is 8.41. The molecule has 0 atom stereocenters. The zero-order valence-corrected chi connectivity index (χ0v) is 19.5. The van der Waals surface area contributed by atoms with Crippen molar-refractivity contribution < 1.29 is 4.79 Å². The van der Waals surface area contributed by atoms with Crippen LogP contribution in [0.3, 0.4) is 0 Å². The van der Waals surface area contributed by atoms with Crippen molar-refractivity contribution in [1.82, 2.24) is 9.97 Å². The number of nitrogens with zero attached hydrogens (tertiary/aromatic N) is 3. The molecule has 0 saturated heterocycles. The van der Waals surface area contributed by atoms with E-state index < -0.39 is 0 Å². The van der Waals surface area contributed by atoms with Crippen LogP contribution >= 0.6 is 0 Å². The number of carbonyl (C=O) groups excluding carboxylic acids is 1. The SMILES string of the molecule is CCCCC(/C=C(/C)C(=NC)c1cc2cnc(NC(=O)C3CC3)cc2cn1)=C(/C)CC. The molecular formula is C26H34N4O. The number of anilines is 1. The van der Waals surface area contributed by atoms with Crippen molar-refractivity contribution >= 4 is 28.2 Å². The summed E-state index contributed by atoms with van der Waals surface area (Å²) in [7, 11) is 1.81. The van der Waals surface area contributed by atoms with Crippen LogP contribution in [0, 0.1) is 5.92 Å². The minimum Gasteiger partial charge on any atom is -0.310 e. The zero-order chi connectivity index (χ0) is 22.4. The fourth-order valence-electron chi connectivity index (χ4n) is 3.63. The summed E-state index contributed by atoms with van der Waals surface area (Å²) in [5.74, 6) is 0.802. The molecule has 1 saturated carbocycles. The van der Waals surface area contributed by atoms with Crippen molar-refractivity contribution in [1.29, 1.82) is 0 Å². The van der Waals surface area contributed by atoms with Gasteiger partial charge in [-0.05, 0) is 69.2 Å². The molecule has 2 aromatic heterocycles. The van der Waals surface area contributed by atoms with Gasteiger partial charge in [-0.2, -0.15) is 0 Å². The van der Waals surface area contributed by atoms with Crippen LogP contribution < -0.4 is 5.32 Å². The fourth-order valence-corrected chi connectivity index (χ4v) is 3.63. The smallest absolute Gasteiger partial charge is 0.228 e. The van der Waals surface area contributed by atoms with Crippen molar-refractivity contribution in [3.05, 3.63) is 53.0 Å². The topological polar surface area (TPSA) is 67.2 Å². The molecule has 1 amide bonds. The molecule has 0 aromatic carbocycles. The first-order valence-corrected chi connectivity index (χ1v) is 11.4. The molecule has 0 radical (unpaired) electrons. The third kappa shape index (κ3) is 5.87. The molecule has 31 heavy (non-hydrogen) atoms. The molecule has 0 aliphatic heterocycles. The lowest BCUT2D eigenvalue weighted by Gasteiger charge is -2.11. The summed E-state index contributed by atoms with van der Waals surface area (Å²) in [4.78, 5) is 25.6. The summed E-state index contributed by atoms with van der Waals surface area (Å²) >= 11 is 0. The first-order valence-electron chi connectivity index (χ1n) is 11.4. The van der Waals surface area contributed by atoms with Gasteiger partial charge in [0.15, 0.2) is 0 Å². The summed E-state index contributed by atoms with van der Waals surface area (Å²) in [6.07, 6.45) is 12.4. The lowest BCUT2D eigenvalue weighted by atomic mass is 9.97. The van der Waals surface area contributed by atoms with E-state index in [0.717, 1.165) is 53.4 Å². The van der Waals surface area contributed by atoms with Crippen LogP contribution in [0.1, 0.15) is 71.9 Å². The summed E-state index contributed by atoms with van der Waals surface area (Å²) < 4.78 is 0. The van der Waals surface area contributed by atoms with Crippen molar-refractivity contribution in [3.63, 3.8) is 0 Å². The second kappa shape index (κ2) is 10.5. The van der Waals surface area contributed by atoms with Crippen LogP contribution in [0.15, 0.2) is 52.3 Å². The molecule has 2 heterocycles. The number of allylic oxidation sites excluding steroid dienone is 4. The monoisotopic (exact) mass is 418 g/mol. The Balaban J connectivity index is 1.86. The molecule has 1 aliphatic carbocycles. The van der Waals surface area contributed by atoms with Gasteiger partial charge in [0, 0.05) is 36.1 Å². The van der Waals surface area contributed by atoms with Gasteiger partial charge < -0.3 is 5.32 Å². The van der Waals surface area contributed by atoms with Gasteiger partial charge in [-0.25, -0.2) is 4.98 Å². The molecule has 5 nitrogen and oxygen atoms in total. The molecule has 0 spiro atoms. The van der Waals surface area contributed by atoms with Crippen molar-refractivity contribution in [3.8, 4) is 0 Å². The van der Waals surface area contributed by atoms with E-state index in [1.165, 1.54) is 24.0 Å². The quantitative estimate of drug-likeness (QED) is 0.386. The number of carbonyl (C=O) groups is 1. The Morgan fingerprint density at radius 1 is 1.16 bits per heavy atom. The van der Waals surface area contributed by atoms with Crippen LogP contribution in [0.2, 0.25) is 0 Å². The third-order valence-corrected chi connectivity index (χ3v) is 5.91.